The van der Waals surface area contributed by atoms with Gasteiger partial charge in [0.15, 0.2) is 5.78 Å². The molecule has 0 amide bonds. The highest BCUT2D eigenvalue weighted by Crippen LogP contribution is 2.83. The van der Waals surface area contributed by atoms with Crippen molar-refractivity contribution >= 4 is 5.78 Å². The number of carbonyl (C=O) groups excluding carboxylic acids is 1. The molecule has 25 heavy (non-hydrogen) atoms. The van der Waals surface area contributed by atoms with Crippen molar-refractivity contribution in [1.82, 2.24) is 4.90 Å². The highest BCUT2D eigenvalue weighted by Gasteiger charge is 2.84. The Balaban J connectivity index is 1.57. The molecule has 7 rings (SSSR count). The lowest BCUT2D eigenvalue weighted by molar-refractivity contribution is -0.216. The summed E-state index contributed by atoms with van der Waals surface area (Å²) in [6.07, 6.45) is 7.95. The average molecular weight is 345 g/mol. The van der Waals surface area contributed by atoms with Crippen molar-refractivity contribution in [2.24, 2.45) is 39.9 Å². The Labute approximate surface area is 150 Å². The van der Waals surface area contributed by atoms with Crippen LogP contribution in [-0.2, 0) is 4.79 Å². The Morgan fingerprint density at radius 2 is 2.00 bits per heavy atom. The van der Waals surface area contributed by atoms with E-state index in [-0.39, 0.29) is 23.7 Å². The van der Waals surface area contributed by atoms with Crippen molar-refractivity contribution in [3.05, 3.63) is 0 Å². The van der Waals surface area contributed by atoms with E-state index in [0.29, 0.717) is 28.7 Å². The van der Waals surface area contributed by atoms with Gasteiger partial charge in [0.1, 0.15) is 5.60 Å². The van der Waals surface area contributed by atoms with Crippen LogP contribution >= 0.6 is 0 Å². The van der Waals surface area contributed by atoms with E-state index in [1.807, 2.05) is 0 Å². The summed E-state index contributed by atoms with van der Waals surface area (Å²) in [7, 11) is 2.29. The minimum Gasteiger partial charge on any atom is -0.393 e. The van der Waals surface area contributed by atoms with Gasteiger partial charge in [0.25, 0.3) is 0 Å². The maximum Gasteiger partial charge on any atom is 0.173 e. The topological polar surface area (TPSA) is 60.8 Å². The minimum absolute atomic E-state index is 0.0233. The van der Waals surface area contributed by atoms with Crippen LogP contribution in [0.5, 0.6) is 0 Å². The highest BCUT2D eigenvalue weighted by atomic mass is 16.3. The number of likely N-dealkylation sites (tertiary alicyclic amines) is 1. The number of hydrogen-bond acceptors (Lipinski definition) is 4. The predicted molar refractivity (Wildman–Crippen MR) is 92.7 cm³/mol. The van der Waals surface area contributed by atoms with Gasteiger partial charge in [-0.2, -0.15) is 0 Å². The summed E-state index contributed by atoms with van der Waals surface area (Å²) < 4.78 is 0. The first kappa shape index (κ1) is 15.6. The number of ketones is 1. The van der Waals surface area contributed by atoms with Crippen LogP contribution in [0.15, 0.2) is 0 Å². The van der Waals surface area contributed by atoms with Gasteiger partial charge in [0, 0.05) is 18.0 Å². The van der Waals surface area contributed by atoms with Gasteiger partial charge in [0.05, 0.1) is 6.61 Å². The molecule has 6 aliphatic carbocycles. The molecule has 4 heteroatoms. The second kappa shape index (κ2) is 4.18. The molecule has 6 saturated carbocycles. The molecule has 7 aliphatic rings. The second-order valence-corrected chi connectivity index (χ2v) is 10.9. The standard InChI is InChI=1S/C21H31NO3/c1-18-5-3-6-20-14(18)9-13(16(20)22(2)10-18)19-7-4-12(8-15(19)20)21(25,11-23)17(19)24/h12-16,23,25H,3-11H2,1-2H3. The van der Waals surface area contributed by atoms with Crippen molar-refractivity contribution in [3.8, 4) is 0 Å². The van der Waals surface area contributed by atoms with Gasteiger partial charge in [0.2, 0.25) is 0 Å². The van der Waals surface area contributed by atoms with Gasteiger partial charge < -0.3 is 15.1 Å². The van der Waals surface area contributed by atoms with Gasteiger partial charge in [-0.3, -0.25) is 4.79 Å². The molecule has 9 unspecified atom stereocenters. The van der Waals surface area contributed by atoms with E-state index < -0.39 is 5.60 Å². The molecule has 7 fully saturated rings. The van der Waals surface area contributed by atoms with Gasteiger partial charge in [-0.15, -0.1) is 0 Å². The lowest BCUT2D eigenvalue weighted by Crippen LogP contribution is -2.70. The molecule has 0 radical (unpaired) electrons. The highest BCUT2D eigenvalue weighted by molar-refractivity contribution is 5.96. The Kier molecular flexibility index (Phi) is 2.60. The van der Waals surface area contributed by atoms with Crippen molar-refractivity contribution in [3.63, 3.8) is 0 Å². The predicted octanol–water partition coefficient (Wildman–Crippen LogP) is 1.84. The first-order chi connectivity index (χ1) is 11.8. The van der Waals surface area contributed by atoms with E-state index in [1.54, 1.807) is 0 Å². The lowest BCUT2D eigenvalue weighted by atomic mass is 9.39. The molecule has 7 bridgehead atoms. The summed E-state index contributed by atoms with van der Waals surface area (Å²) >= 11 is 0. The summed E-state index contributed by atoms with van der Waals surface area (Å²) in [6.45, 7) is 3.29. The minimum atomic E-state index is -1.46. The van der Waals surface area contributed by atoms with Gasteiger partial charge >= 0.3 is 0 Å². The van der Waals surface area contributed by atoms with E-state index in [9.17, 15) is 15.0 Å². The smallest absolute Gasteiger partial charge is 0.173 e. The SMILES string of the molecule is CN1CC2(C)CCCC34C1C(CC23)C12CCC(CC14)C(O)(CO)C2=O. The van der Waals surface area contributed by atoms with E-state index in [0.717, 1.165) is 25.2 Å². The maximum atomic E-state index is 13.6. The summed E-state index contributed by atoms with van der Waals surface area (Å²) in [6, 6.07) is 0.527. The fourth-order valence-corrected chi connectivity index (χ4v) is 10.1. The Bertz CT molecular complexity index is 680. The number of aliphatic hydroxyl groups is 2. The van der Waals surface area contributed by atoms with Crippen LogP contribution in [0.25, 0.3) is 0 Å². The molecule has 1 heterocycles. The normalized spacial score (nSPS) is 64.6. The Morgan fingerprint density at radius 3 is 2.76 bits per heavy atom. The first-order valence-electron chi connectivity index (χ1n) is 10.4. The molecule has 0 aromatic rings. The van der Waals surface area contributed by atoms with Crippen molar-refractivity contribution in [2.75, 3.05) is 20.2 Å². The Hall–Kier alpha value is -0.450. The van der Waals surface area contributed by atoms with Gasteiger partial charge in [-0.25, -0.2) is 0 Å². The third kappa shape index (κ3) is 1.30. The third-order valence-electron chi connectivity index (χ3n) is 10.4. The molecule has 0 aromatic carbocycles. The zero-order chi connectivity index (χ0) is 17.4. The summed E-state index contributed by atoms with van der Waals surface area (Å²) in [5.41, 5.74) is -1.09. The van der Waals surface area contributed by atoms with Crippen LogP contribution in [0.2, 0.25) is 0 Å². The largest absolute Gasteiger partial charge is 0.393 e. The number of aliphatic hydroxyl groups excluding tert-OH is 1. The molecule has 9 atom stereocenters. The second-order valence-electron chi connectivity index (χ2n) is 10.9. The van der Waals surface area contributed by atoms with Crippen LogP contribution < -0.4 is 0 Å². The fraction of sp³-hybridized carbons (Fsp3) is 0.952. The van der Waals surface area contributed by atoms with E-state index >= 15 is 0 Å². The van der Waals surface area contributed by atoms with Crippen LogP contribution in [0.3, 0.4) is 0 Å². The number of Topliss-reactive ketones (excluding diaryl/α,β-unsaturated/α-hetero) is 1. The van der Waals surface area contributed by atoms with Crippen LogP contribution in [0, 0.1) is 39.9 Å². The number of hydrogen-bond donors (Lipinski definition) is 2. The summed E-state index contributed by atoms with van der Waals surface area (Å²) in [5, 5.41) is 21.0. The summed E-state index contributed by atoms with van der Waals surface area (Å²) in [4.78, 5) is 16.2. The lowest BCUT2D eigenvalue weighted by Gasteiger charge is -2.66. The molecule has 2 N–H and O–H groups in total. The molecule has 138 valence electrons. The number of carbonyl (C=O) groups is 1. The quantitative estimate of drug-likeness (QED) is 0.761. The number of piperidine rings is 1. The first-order valence-corrected chi connectivity index (χ1v) is 10.4. The molecular formula is C21H31NO3. The van der Waals surface area contributed by atoms with Crippen molar-refractivity contribution in [1.29, 1.82) is 0 Å². The van der Waals surface area contributed by atoms with E-state index in [1.165, 1.54) is 32.2 Å². The van der Waals surface area contributed by atoms with Crippen LogP contribution in [-0.4, -0.2) is 52.7 Å². The molecule has 1 saturated heterocycles. The fourth-order valence-electron chi connectivity index (χ4n) is 10.1. The van der Waals surface area contributed by atoms with E-state index in [4.69, 9.17) is 0 Å². The monoisotopic (exact) mass is 345 g/mol. The Morgan fingerprint density at radius 1 is 1.20 bits per heavy atom. The number of rotatable bonds is 1. The summed E-state index contributed by atoms with van der Waals surface area (Å²) in [5.74, 6) is 1.63. The molecule has 4 nitrogen and oxygen atoms in total. The molecular weight excluding hydrogens is 314 g/mol. The van der Waals surface area contributed by atoms with Crippen LogP contribution in [0.1, 0.15) is 51.9 Å². The number of nitrogens with zero attached hydrogens (tertiary/aromatic N) is 1. The van der Waals surface area contributed by atoms with Gasteiger partial charge in [-0.1, -0.05) is 13.3 Å². The molecule has 0 aromatic heterocycles. The average Bonchev–Trinajstić information content (AvgIpc) is 3.02. The maximum absolute atomic E-state index is 13.6. The van der Waals surface area contributed by atoms with Crippen molar-refractivity contribution < 1.29 is 15.0 Å². The van der Waals surface area contributed by atoms with Crippen molar-refractivity contribution in [2.45, 2.75) is 63.5 Å². The molecule has 2 spiro atoms. The zero-order valence-corrected chi connectivity index (χ0v) is 15.5. The van der Waals surface area contributed by atoms with E-state index in [2.05, 4.69) is 18.9 Å². The third-order valence-corrected chi connectivity index (χ3v) is 10.4. The van der Waals surface area contributed by atoms with Crippen LogP contribution in [0.4, 0.5) is 0 Å². The molecule has 1 aliphatic heterocycles. The van der Waals surface area contributed by atoms with Gasteiger partial charge in [-0.05, 0) is 80.1 Å². The number of fused-ring (bicyclic) bond motifs is 2. The zero-order valence-electron chi connectivity index (χ0n) is 15.5.